The topological polar surface area (TPSA) is 61.0 Å². The fraction of sp³-hybridized carbons (Fsp3) is 0.667. The summed E-state index contributed by atoms with van der Waals surface area (Å²) < 4.78 is 1.63. The number of aryl methyl sites for hydroxylation is 1. The molecular weight excluding hydrogens is 262 g/mol. The van der Waals surface area contributed by atoms with Gasteiger partial charge in [0.25, 0.3) is 0 Å². The molecule has 0 aliphatic carbocycles. The van der Waals surface area contributed by atoms with Crippen molar-refractivity contribution < 1.29 is 4.92 Å². The largest absolute Gasteiger partial charge is 0.392 e. The van der Waals surface area contributed by atoms with Crippen LogP contribution < -0.4 is 0 Å². The Morgan fingerprint density at radius 3 is 2.67 bits per heavy atom. The second kappa shape index (κ2) is 4.30. The minimum absolute atomic E-state index is 0.0341. The molecule has 0 aromatic carbocycles. The normalized spacial score (nSPS) is 11.7. The van der Waals surface area contributed by atoms with Gasteiger partial charge < -0.3 is 10.1 Å². The maximum atomic E-state index is 10.6. The first-order valence-corrected chi connectivity index (χ1v) is 5.72. The lowest BCUT2D eigenvalue weighted by atomic mass is 9.97. The van der Waals surface area contributed by atoms with Crippen LogP contribution in [0.1, 0.15) is 19.4 Å². The summed E-state index contributed by atoms with van der Waals surface area (Å²) in [6, 6.07) is 0. The molecule has 1 aromatic rings. The quantitative estimate of drug-likeness (QED) is 0.482. The maximum Gasteiger partial charge on any atom is 0.392 e. The molecule has 0 spiro atoms. The summed E-state index contributed by atoms with van der Waals surface area (Å²) in [5.41, 5.74) is 0.636. The molecule has 0 aliphatic rings. The number of rotatable bonds is 4. The van der Waals surface area contributed by atoms with E-state index in [1.54, 1.807) is 17.8 Å². The highest BCUT2D eigenvalue weighted by molar-refractivity contribution is 9.09. The third-order valence-corrected chi connectivity index (χ3v) is 3.56. The zero-order valence-corrected chi connectivity index (χ0v) is 10.6. The van der Waals surface area contributed by atoms with Gasteiger partial charge in [-0.3, -0.25) is 0 Å². The second-order valence-electron chi connectivity index (χ2n) is 4.39. The van der Waals surface area contributed by atoms with Gasteiger partial charge >= 0.3 is 5.82 Å². The minimum atomic E-state index is -0.451. The second-order valence-corrected chi connectivity index (χ2v) is 4.95. The number of alkyl halides is 1. The van der Waals surface area contributed by atoms with Crippen LogP contribution in [0.4, 0.5) is 5.82 Å². The van der Waals surface area contributed by atoms with Crippen LogP contribution in [0.5, 0.6) is 0 Å². The van der Waals surface area contributed by atoms with Crippen molar-refractivity contribution in [3.05, 3.63) is 21.9 Å². The highest BCUT2D eigenvalue weighted by Gasteiger charge is 2.23. The maximum absolute atomic E-state index is 10.6. The summed E-state index contributed by atoms with van der Waals surface area (Å²) in [6.45, 7) is 6.50. The lowest BCUT2D eigenvalue weighted by Gasteiger charge is -2.19. The number of hydrogen-bond donors (Lipinski definition) is 0. The van der Waals surface area contributed by atoms with Crippen molar-refractivity contribution in [2.45, 2.75) is 27.3 Å². The monoisotopic (exact) mass is 275 g/mol. The van der Waals surface area contributed by atoms with Crippen LogP contribution in [-0.4, -0.2) is 20.0 Å². The minimum Gasteiger partial charge on any atom is -0.358 e. The first kappa shape index (κ1) is 12.2. The number of aromatic nitrogens is 2. The van der Waals surface area contributed by atoms with Gasteiger partial charge in [0.15, 0.2) is 0 Å². The molecule has 1 aromatic heterocycles. The fourth-order valence-corrected chi connectivity index (χ4v) is 1.43. The molecule has 1 heterocycles. The molecule has 0 radical (unpaired) electrons. The Hall–Kier alpha value is -0.910. The molecule has 0 aliphatic heterocycles. The molecule has 5 nitrogen and oxygen atoms in total. The molecule has 0 fully saturated rings. The van der Waals surface area contributed by atoms with Crippen molar-refractivity contribution in [2.75, 3.05) is 5.33 Å². The van der Waals surface area contributed by atoms with Crippen molar-refractivity contribution in [1.29, 1.82) is 0 Å². The van der Waals surface area contributed by atoms with E-state index >= 15 is 0 Å². The summed E-state index contributed by atoms with van der Waals surface area (Å²) in [5.74, 6) is -0.0552. The van der Waals surface area contributed by atoms with E-state index in [1.165, 1.54) is 0 Å². The van der Waals surface area contributed by atoms with E-state index in [9.17, 15) is 10.1 Å². The zero-order chi connectivity index (χ0) is 11.6. The van der Waals surface area contributed by atoms with Crippen LogP contribution in [0.2, 0.25) is 0 Å². The first-order valence-electron chi connectivity index (χ1n) is 4.60. The predicted molar refractivity (Wildman–Crippen MR) is 61.2 cm³/mol. The van der Waals surface area contributed by atoms with Crippen molar-refractivity contribution >= 4 is 21.7 Å². The number of halogens is 1. The summed E-state index contributed by atoms with van der Waals surface area (Å²) in [6.07, 6.45) is 1.71. The van der Waals surface area contributed by atoms with E-state index in [-0.39, 0.29) is 11.2 Å². The van der Waals surface area contributed by atoms with Gasteiger partial charge in [0.1, 0.15) is 0 Å². The first-order chi connectivity index (χ1) is 6.85. The van der Waals surface area contributed by atoms with E-state index in [0.29, 0.717) is 12.1 Å². The highest BCUT2D eigenvalue weighted by Crippen LogP contribution is 2.22. The standard InChI is InChI=1S/C9H14BrN3O2/c1-7-4-12(6-9(2,3)5-10)11-8(7)13(14)15/h4H,5-6H2,1-3H3. The fourth-order valence-electron chi connectivity index (χ4n) is 1.25. The Labute approximate surface area is 96.7 Å². The van der Waals surface area contributed by atoms with Crippen LogP contribution >= 0.6 is 15.9 Å². The molecule has 6 heteroatoms. The van der Waals surface area contributed by atoms with Crippen LogP contribution in [0, 0.1) is 22.5 Å². The van der Waals surface area contributed by atoms with Gasteiger partial charge in [-0.25, -0.2) is 0 Å². The summed E-state index contributed by atoms with van der Waals surface area (Å²) in [7, 11) is 0. The molecule has 0 saturated carbocycles. The molecule has 0 N–H and O–H groups in total. The van der Waals surface area contributed by atoms with Crippen LogP contribution in [-0.2, 0) is 6.54 Å². The Balaban J connectivity index is 2.89. The Kier molecular flexibility index (Phi) is 3.49. The number of hydrogen-bond acceptors (Lipinski definition) is 3. The van der Waals surface area contributed by atoms with Crippen molar-refractivity contribution in [2.24, 2.45) is 5.41 Å². The van der Waals surface area contributed by atoms with Crippen molar-refractivity contribution in [3.63, 3.8) is 0 Å². The highest BCUT2D eigenvalue weighted by atomic mass is 79.9. The molecule has 1 rings (SSSR count). The van der Waals surface area contributed by atoms with Gasteiger partial charge in [0, 0.05) is 5.33 Å². The Morgan fingerprint density at radius 2 is 2.27 bits per heavy atom. The SMILES string of the molecule is Cc1cn(CC(C)(C)CBr)nc1[N+](=O)[O-]. The van der Waals surface area contributed by atoms with Gasteiger partial charge in [0.05, 0.1) is 23.4 Å². The number of nitro groups is 1. The smallest absolute Gasteiger partial charge is 0.358 e. The average molecular weight is 276 g/mol. The van der Waals surface area contributed by atoms with E-state index in [1.807, 2.05) is 0 Å². The van der Waals surface area contributed by atoms with Crippen LogP contribution in [0.3, 0.4) is 0 Å². The average Bonchev–Trinajstić information content (AvgIpc) is 2.46. The zero-order valence-electron chi connectivity index (χ0n) is 9.03. The van der Waals surface area contributed by atoms with Crippen LogP contribution in [0.15, 0.2) is 6.20 Å². The third-order valence-electron chi connectivity index (χ3n) is 2.04. The summed E-state index contributed by atoms with van der Waals surface area (Å²) >= 11 is 3.41. The van der Waals surface area contributed by atoms with Crippen molar-refractivity contribution in [3.8, 4) is 0 Å². The predicted octanol–water partition coefficient (Wildman–Crippen LogP) is 2.52. The lowest BCUT2D eigenvalue weighted by Crippen LogP contribution is -2.21. The van der Waals surface area contributed by atoms with Gasteiger partial charge in [-0.15, -0.1) is 0 Å². The van der Waals surface area contributed by atoms with Gasteiger partial charge in [0.2, 0.25) is 0 Å². The van der Waals surface area contributed by atoms with Crippen molar-refractivity contribution in [1.82, 2.24) is 9.78 Å². The summed E-state index contributed by atoms with van der Waals surface area (Å²) in [5, 5.41) is 15.4. The molecule has 0 atom stereocenters. The number of nitrogens with zero attached hydrogens (tertiary/aromatic N) is 3. The van der Waals surface area contributed by atoms with Gasteiger partial charge in [-0.05, 0) is 17.3 Å². The molecule has 84 valence electrons. The molecule has 0 bridgehead atoms. The molecular formula is C9H14BrN3O2. The van der Waals surface area contributed by atoms with Crippen LogP contribution in [0.25, 0.3) is 0 Å². The van der Waals surface area contributed by atoms with Gasteiger partial charge in [-0.2, -0.15) is 4.68 Å². The van der Waals surface area contributed by atoms with Gasteiger partial charge in [-0.1, -0.05) is 29.8 Å². The Bertz CT molecular complexity index is 373. The van der Waals surface area contributed by atoms with E-state index in [2.05, 4.69) is 34.9 Å². The summed E-state index contributed by atoms with van der Waals surface area (Å²) in [4.78, 5) is 10.1. The molecule has 15 heavy (non-hydrogen) atoms. The van der Waals surface area contributed by atoms with E-state index in [0.717, 1.165) is 5.33 Å². The third kappa shape index (κ3) is 3.02. The Morgan fingerprint density at radius 1 is 1.67 bits per heavy atom. The lowest BCUT2D eigenvalue weighted by molar-refractivity contribution is -0.390. The molecule has 0 amide bonds. The molecule has 0 unspecified atom stereocenters. The van der Waals surface area contributed by atoms with E-state index < -0.39 is 4.92 Å². The molecule has 0 saturated heterocycles. The van der Waals surface area contributed by atoms with E-state index in [4.69, 9.17) is 0 Å².